The molecule has 0 aromatic heterocycles. The van der Waals surface area contributed by atoms with Crippen molar-refractivity contribution in [1.82, 2.24) is 0 Å². The minimum Gasteiger partial charge on any atom is -0.290 e. The zero-order valence-corrected chi connectivity index (χ0v) is 6.28. The Hall–Kier alpha value is -0.930. The number of carbonyl (C=O) groups is 1. The third kappa shape index (κ3) is 1.56. The second kappa shape index (κ2) is 2.98. The Labute approximate surface area is 64.9 Å². The molecule has 0 amide bonds. The van der Waals surface area contributed by atoms with E-state index >= 15 is 0 Å². The van der Waals surface area contributed by atoms with Gasteiger partial charge < -0.3 is 0 Å². The van der Waals surface area contributed by atoms with Crippen molar-refractivity contribution in [3.8, 4) is 0 Å². The fourth-order valence-corrected chi connectivity index (χ4v) is 0.919. The Bertz CT molecular complexity index is 193. The predicted molar refractivity (Wildman–Crippen MR) is 40.0 cm³/mol. The third-order valence-corrected chi connectivity index (χ3v) is 1.78. The fourth-order valence-electron chi connectivity index (χ4n) is 0.919. The van der Waals surface area contributed by atoms with Crippen molar-refractivity contribution in [2.75, 3.05) is 0 Å². The van der Waals surface area contributed by atoms with Crippen LogP contribution in [-0.2, 0) is 9.68 Å². The van der Waals surface area contributed by atoms with Crippen molar-refractivity contribution < 1.29 is 14.9 Å². The largest absolute Gasteiger partial charge is 0.290 e. The molecule has 11 heavy (non-hydrogen) atoms. The van der Waals surface area contributed by atoms with E-state index in [1.165, 1.54) is 12.2 Å². The SMILES string of the molecule is CCC1(OO)C=CC(=O)C=C1. The molecule has 0 radical (unpaired) electrons. The molecule has 0 heterocycles. The van der Waals surface area contributed by atoms with Gasteiger partial charge in [0, 0.05) is 0 Å². The monoisotopic (exact) mass is 154 g/mol. The Morgan fingerprint density at radius 2 is 2.09 bits per heavy atom. The first kappa shape index (κ1) is 8.17. The van der Waals surface area contributed by atoms with Crippen molar-refractivity contribution in [2.24, 2.45) is 0 Å². The standard InChI is InChI=1S/C8H10O3/c1-2-8(11-10)5-3-7(9)4-6-8/h3-6,10H,2H2,1H3. The molecule has 0 bridgehead atoms. The lowest BCUT2D eigenvalue weighted by Crippen LogP contribution is -2.27. The first-order valence-corrected chi connectivity index (χ1v) is 3.47. The van der Waals surface area contributed by atoms with E-state index in [-0.39, 0.29) is 5.78 Å². The van der Waals surface area contributed by atoms with Gasteiger partial charge in [0.15, 0.2) is 5.78 Å². The molecule has 3 heteroatoms. The third-order valence-electron chi connectivity index (χ3n) is 1.78. The molecule has 0 aromatic rings. The van der Waals surface area contributed by atoms with Gasteiger partial charge in [0.2, 0.25) is 0 Å². The summed E-state index contributed by atoms with van der Waals surface area (Å²) in [7, 11) is 0. The summed E-state index contributed by atoms with van der Waals surface area (Å²) in [4.78, 5) is 14.9. The molecule has 3 nitrogen and oxygen atoms in total. The number of carbonyl (C=O) groups excluding carboxylic acids is 1. The lowest BCUT2D eigenvalue weighted by molar-refractivity contribution is -0.293. The van der Waals surface area contributed by atoms with Crippen LogP contribution in [0, 0.1) is 0 Å². The molecule has 1 N–H and O–H groups in total. The number of ketones is 1. The van der Waals surface area contributed by atoms with Gasteiger partial charge in [-0.3, -0.25) is 10.1 Å². The molecule has 0 aromatic carbocycles. The number of allylic oxidation sites excluding steroid dienone is 2. The van der Waals surface area contributed by atoms with Crippen LogP contribution in [0.5, 0.6) is 0 Å². The van der Waals surface area contributed by atoms with Gasteiger partial charge >= 0.3 is 0 Å². The smallest absolute Gasteiger partial charge is 0.178 e. The lowest BCUT2D eigenvalue weighted by Gasteiger charge is -2.22. The maximum Gasteiger partial charge on any atom is 0.178 e. The molecule has 1 aliphatic carbocycles. The molecule has 1 aliphatic rings. The quantitative estimate of drug-likeness (QED) is 0.482. The molecule has 1 rings (SSSR count). The fraction of sp³-hybridized carbons (Fsp3) is 0.375. The maximum atomic E-state index is 10.7. The Morgan fingerprint density at radius 3 is 2.45 bits per heavy atom. The van der Waals surface area contributed by atoms with E-state index in [9.17, 15) is 4.79 Å². The molecule has 0 saturated carbocycles. The van der Waals surface area contributed by atoms with Crippen LogP contribution in [0.25, 0.3) is 0 Å². The van der Waals surface area contributed by atoms with Crippen LogP contribution in [0.15, 0.2) is 24.3 Å². The van der Waals surface area contributed by atoms with Crippen molar-refractivity contribution in [3.63, 3.8) is 0 Å². The molecular formula is C8H10O3. The van der Waals surface area contributed by atoms with Gasteiger partial charge in [-0.15, -0.1) is 0 Å². The zero-order chi connectivity index (χ0) is 8.32. The highest BCUT2D eigenvalue weighted by atomic mass is 17.1. The van der Waals surface area contributed by atoms with Gasteiger partial charge in [0.1, 0.15) is 5.60 Å². The van der Waals surface area contributed by atoms with Crippen molar-refractivity contribution in [3.05, 3.63) is 24.3 Å². The van der Waals surface area contributed by atoms with Crippen molar-refractivity contribution in [1.29, 1.82) is 0 Å². The van der Waals surface area contributed by atoms with E-state index < -0.39 is 5.60 Å². The average Bonchev–Trinajstić information content (AvgIpc) is 2.07. The van der Waals surface area contributed by atoms with E-state index in [0.29, 0.717) is 6.42 Å². The summed E-state index contributed by atoms with van der Waals surface area (Å²) in [6.45, 7) is 1.86. The van der Waals surface area contributed by atoms with Crippen LogP contribution < -0.4 is 0 Å². The summed E-state index contributed by atoms with van der Waals surface area (Å²) in [5, 5.41) is 8.51. The van der Waals surface area contributed by atoms with Gasteiger partial charge in [-0.2, -0.15) is 0 Å². The first-order chi connectivity index (χ1) is 5.22. The first-order valence-electron chi connectivity index (χ1n) is 3.47. The van der Waals surface area contributed by atoms with E-state index in [1.807, 2.05) is 6.92 Å². The van der Waals surface area contributed by atoms with Crippen LogP contribution in [0.4, 0.5) is 0 Å². The van der Waals surface area contributed by atoms with E-state index in [0.717, 1.165) is 0 Å². The minimum atomic E-state index is -0.784. The number of hydrogen-bond donors (Lipinski definition) is 1. The maximum absolute atomic E-state index is 10.7. The highest BCUT2D eigenvalue weighted by Gasteiger charge is 2.25. The average molecular weight is 154 g/mol. The highest BCUT2D eigenvalue weighted by Crippen LogP contribution is 2.21. The molecule has 0 unspecified atom stereocenters. The van der Waals surface area contributed by atoms with Crippen molar-refractivity contribution in [2.45, 2.75) is 18.9 Å². The molecule has 0 aliphatic heterocycles. The molecule has 0 fully saturated rings. The van der Waals surface area contributed by atoms with Crippen LogP contribution in [-0.4, -0.2) is 16.6 Å². The van der Waals surface area contributed by atoms with Crippen LogP contribution >= 0.6 is 0 Å². The number of hydrogen-bond acceptors (Lipinski definition) is 3. The summed E-state index contributed by atoms with van der Waals surface area (Å²) in [6.07, 6.45) is 6.48. The predicted octanol–water partition coefficient (Wildman–Crippen LogP) is 1.32. The van der Waals surface area contributed by atoms with Gasteiger partial charge in [-0.25, -0.2) is 4.89 Å². The summed E-state index contributed by atoms with van der Waals surface area (Å²) >= 11 is 0. The Kier molecular flexibility index (Phi) is 2.22. The zero-order valence-electron chi connectivity index (χ0n) is 6.28. The second-order valence-corrected chi connectivity index (χ2v) is 2.47. The lowest BCUT2D eigenvalue weighted by atomic mass is 9.95. The number of rotatable bonds is 2. The molecule has 60 valence electrons. The van der Waals surface area contributed by atoms with E-state index in [4.69, 9.17) is 5.26 Å². The molecule has 0 spiro atoms. The van der Waals surface area contributed by atoms with Gasteiger partial charge in [0.05, 0.1) is 0 Å². The van der Waals surface area contributed by atoms with Crippen LogP contribution in [0.2, 0.25) is 0 Å². The normalized spacial score (nSPS) is 20.7. The Morgan fingerprint density at radius 1 is 1.55 bits per heavy atom. The topological polar surface area (TPSA) is 46.5 Å². The van der Waals surface area contributed by atoms with Gasteiger partial charge in [-0.05, 0) is 30.7 Å². The summed E-state index contributed by atoms with van der Waals surface area (Å²) < 4.78 is 0. The minimum absolute atomic E-state index is 0.0777. The second-order valence-electron chi connectivity index (χ2n) is 2.47. The van der Waals surface area contributed by atoms with Crippen LogP contribution in [0.3, 0.4) is 0 Å². The molecular weight excluding hydrogens is 144 g/mol. The van der Waals surface area contributed by atoms with E-state index in [1.54, 1.807) is 12.2 Å². The van der Waals surface area contributed by atoms with Crippen LogP contribution in [0.1, 0.15) is 13.3 Å². The van der Waals surface area contributed by atoms with Gasteiger partial charge in [0.25, 0.3) is 0 Å². The summed E-state index contributed by atoms with van der Waals surface area (Å²) in [5.74, 6) is -0.0777. The Balaban J connectivity index is 2.81. The van der Waals surface area contributed by atoms with E-state index in [2.05, 4.69) is 4.89 Å². The molecule has 0 atom stereocenters. The van der Waals surface area contributed by atoms with Gasteiger partial charge in [-0.1, -0.05) is 6.92 Å². The summed E-state index contributed by atoms with van der Waals surface area (Å²) in [5.41, 5.74) is -0.784. The molecule has 0 saturated heterocycles. The highest BCUT2D eigenvalue weighted by molar-refractivity contribution is 6.00. The van der Waals surface area contributed by atoms with Crippen molar-refractivity contribution >= 4 is 5.78 Å². The summed E-state index contributed by atoms with van der Waals surface area (Å²) in [6, 6.07) is 0.